The molecule has 2 atom stereocenters. The first kappa shape index (κ1) is 22.0. The van der Waals surface area contributed by atoms with E-state index >= 15 is 0 Å². The first-order valence-corrected chi connectivity index (χ1v) is 11.3. The number of amides is 2. The predicted molar refractivity (Wildman–Crippen MR) is 124 cm³/mol. The van der Waals surface area contributed by atoms with Crippen LogP contribution < -0.4 is 5.32 Å². The van der Waals surface area contributed by atoms with Crippen LogP contribution in [0.4, 0.5) is 0 Å². The fourth-order valence-corrected chi connectivity index (χ4v) is 4.65. The lowest BCUT2D eigenvalue weighted by molar-refractivity contribution is -0.144. The van der Waals surface area contributed by atoms with Crippen molar-refractivity contribution < 1.29 is 9.59 Å². The zero-order valence-electron chi connectivity index (χ0n) is 19.0. The highest BCUT2D eigenvalue weighted by molar-refractivity contribution is 5.85. The highest BCUT2D eigenvalue weighted by Crippen LogP contribution is 2.37. The molecule has 0 saturated carbocycles. The molecule has 3 heterocycles. The van der Waals surface area contributed by atoms with Gasteiger partial charge in [0.2, 0.25) is 11.8 Å². The van der Waals surface area contributed by atoms with Crippen LogP contribution in [0.3, 0.4) is 0 Å². The standard InChI is InChI=1S/C25H31N5O2/c1-17(2)16-30-23(31)11-10-19(24(30)18-7-6-13-26-15-18)25(32)27-14-12-22-28-20-8-4-5-9-21(20)29(22)3/h4-9,13,15,17,19,24H,10-12,14,16H2,1-3H3,(H,27,32)/t19-,24+/m1/s1. The molecule has 0 unspecified atom stereocenters. The summed E-state index contributed by atoms with van der Waals surface area (Å²) in [4.78, 5) is 36.8. The number of pyridine rings is 1. The first-order chi connectivity index (χ1) is 15.5. The molecular weight excluding hydrogens is 402 g/mol. The van der Waals surface area contributed by atoms with Gasteiger partial charge < -0.3 is 14.8 Å². The van der Waals surface area contributed by atoms with Crippen LogP contribution in [0.25, 0.3) is 11.0 Å². The fourth-order valence-electron chi connectivity index (χ4n) is 4.65. The largest absolute Gasteiger partial charge is 0.355 e. The Morgan fingerprint density at radius 2 is 2.03 bits per heavy atom. The normalized spacial score (nSPS) is 19.0. The lowest BCUT2D eigenvalue weighted by atomic mass is 9.83. The van der Waals surface area contributed by atoms with Gasteiger partial charge in [0.1, 0.15) is 5.82 Å². The minimum atomic E-state index is -0.295. The molecule has 2 amide bonds. The molecule has 3 aromatic rings. The second-order valence-corrected chi connectivity index (χ2v) is 8.93. The summed E-state index contributed by atoms with van der Waals surface area (Å²) in [5.41, 5.74) is 2.96. The number of hydrogen-bond acceptors (Lipinski definition) is 4. The number of para-hydroxylation sites is 2. The number of fused-ring (bicyclic) bond motifs is 1. The molecule has 1 aromatic carbocycles. The predicted octanol–water partition coefficient (Wildman–Crippen LogP) is 3.26. The maximum atomic E-state index is 13.3. The third-order valence-corrected chi connectivity index (χ3v) is 6.16. The van der Waals surface area contributed by atoms with Crippen molar-refractivity contribution >= 4 is 22.8 Å². The molecule has 32 heavy (non-hydrogen) atoms. The second-order valence-electron chi connectivity index (χ2n) is 8.93. The molecule has 7 heteroatoms. The molecule has 0 aliphatic carbocycles. The van der Waals surface area contributed by atoms with E-state index in [1.165, 1.54) is 0 Å². The maximum Gasteiger partial charge on any atom is 0.225 e. The van der Waals surface area contributed by atoms with E-state index in [-0.39, 0.29) is 23.8 Å². The minimum Gasteiger partial charge on any atom is -0.355 e. The zero-order valence-corrected chi connectivity index (χ0v) is 19.0. The van der Waals surface area contributed by atoms with Crippen LogP contribution in [0, 0.1) is 11.8 Å². The van der Waals surface area contributed by atoms with E-state index in [1.54, 1.807) is 12.4 Å². The average molecular weight is 434 g/mol. The number of carbonyl (C=O) groups excluding carboxylic acids is 2. The summed E-state index contributed by atoms with van der Waals surface area (Å²) in [5, 5.41) is 3.11. The molecule has 168 valence electrons. The maximum absolute atomic E-state index is 13.3. The molecule has 7 nitrogen and oxygen atoms in total. The van der Waals surface area contributed by atoms with Crippen molar-refractivity contribution in [3.63, 3.8) is 0 Å². The molecule has 1 aliphatic heterocycles. The Morgan fingerprint density at radius 3 is 2.75 bits per heavy atom. The van der Waals surface area contributed by atoms with Gasteiger partial charge in [0.15, 0.2) is 0 Å². The van der Waals surface area contributed by atoms with E-state index < -0.39 is 0 Å². The van der Waals surface area contributed by atoms with Crippen LogP contribution in [0.15, 0.2) is 48.8 Å². The number of benzene rings is 1. The minimum absolute atomic E-state index is 0.0149. The molecule has 0 spiro atoms. The van der Waals surface area contributed by atoms with Crippen LogP contribution >= 0.6 is 0 Å². The Morgan fingerprint density at radius 1 is 1.22 bits per heavy atom. The highest BCUT2D eigenvalue weighted by atomic mass is 16.2. The van der Waals surface area contributed by atoms with Crippen molar-refractivity contribution in [1.29, 1.82) is 0 Å². The Hall–Kier alpha value is -3.22. The molecular formula is C25H31N5O2. The number of carbonyl (C=O) groups is 2. The highest BCUT2D eigenvalue weighted by Gasteiger charge is 2.40. The Bertz CT molecular complexity index is 1090. The van der Waals surface area contributed by atoms with E-state index in [1.807, 2.05) is 48.3 Å². The summed E-state index contributed by atoms with van der Waals surface area (Å²) in [5.74, 6) is 1.05. The van der Waals surface area contributed by atoms with Crippen LogP contribution in [-0.2, 0) is 23.1 Å². The van der Waals surface area contributed by atoms with E-state index in [2.05, 4.69) is 33.7 Å². The molecule has 0 bridgehead atoms. The zero-order chi connectivity index (χ0) is 22.7. The van der Waals surface area contributed by atoms with Crippen molar-refractivity contribution in [3.8, 4) is 0 Å². The second kappa shape index (κ2) is 9.51. The van der Waals surface area contributed by atoms with Crippen LogP contribution in [0.5, 0.6) is 0 Å². The number of aromatic nitrogens is 3. The summed E-state index contributed by atoms with van der Waals surface area (Å²) in [6.45, 7) is 5.31. The molecule has 2 aromatic heterocycles. The Labute approximate surface area is 188 Å². The summed E-state index contributed by atoms with van der Waals surface area (Å²) in [7, 11) is 2.00. The monoisotopic (exact) mass is 433 g/mol. The number of rotatable bonds is 7. The molecule has 1 saturated heterocycles. The molecule has 1 aliphatic rings. The number of imidazole rings is 1. The van der Waals surface area contributed by atoms with Gasteiger partial charge in [-0.25, -0.2) is 4.98 Å². The average Bonchev–Trinajstić information content (AvgIpc) is 3.11. The van der Waals surface area contributed by atoms with Gasteiger partial charge in [-0.3, -0.25) is 14.6 Å². The lowest BCUT2D eigenvalue weighted by Crippen LogP contribution is -2.49. The van der Waals surface area contributed by atoms with Gasteiger partial charge >= 0.3 is 0 Å². The van der Waals surface area contributed by atoms with Crippen LogP contribution in [-0.4, -0.2) is 44.3 Å². The van der Waals surface area contributed by atoms with Crippen LogP contribution in [0.2, 0.25) is 0 Å². The number of likely N-dealkylation sites (tertiary alicyclic amines) is 1. The smallest absolute Gasteiger partial charge is 0.225 e. The molecule has 1 N–H and O–H groups in total. The summed E-state index contributed by atoms with van der Waals surface area (Å²) >= 11 is 0. The van der Waals surface area contributed by atoms with Crippen molar-refractivity contribution in [2.75, 3.05) is 13.1 Å². The van der Waals surface area contributed by atoms with Crippen molar-refractivity contribution in [2.45, 2.75) is 39.2 Å². The fraction of sp³-hybridized carbons (Fsp3) is 0.440. The lowest BCUT2D eigenvalue weighted by Gasteiger charge is -2.41. The summed E-state index contributed by atoms with van der Waals surface area (Å²) in [6.07, 6.45) is 5.08. The molecule has 4 rings (SSSR count). The van der Waals surface area contributed by atoms with E-state index in [9.17, 15) is 9.59 Å². The quantitative estimate of drug-likeness (QED) is 0.620. The van der Waals surface area contributed by atoms with Gasteiger partial charge in [-0.15, -0.1) is 0 Å². The number of nitrogens with one attached hydrogen (secondary N) is 1. The van der Waals surface area contributed by atoms with E-state index in [0.29, 0.717) is 38.3 Å². The molecule has 0 radical (unpaired) electrons. The number of piperidine rings is 1. The SMILES string of the molecule is CC(C)CN1C(=O)CC[C@@H](C(=O)NCCc2nc3ccccc3n2C)[C@@H]1c1cccnc1. The summed E-state index contributed by atoms with van der Waals surface area (Å²) < 4.78 is 2.07. The third kappa shape index (κ3) is 4.52. The molecule has 1 fully saturated rings. The number of nitrogens with zero attached hydrogens (tertiary/aromatic N) is 4. The number of aryl methyl sites for hydroxylation is 1. The van der Waals surface area contributed by atoms with E-state index in [4.69, 9.17) is 0 Å². The Balaban J connectivity index is 1.49. The van der Waals surface area contributed by atoms with Gasteiger partial charge in [-0.2, -0.15) is 0 Å². The third-order valence-electron chi connectivity index (χ3n) is 6.16. The topological polar surface area (TPSA) is 80.1 Å². The van der Waals surface area contributed by atoms with Gasteiger partial charge in [-0.05, 0) is 36.1 Å². The summed E-state index contributed by atoms with van der Waals surface area (Å²) in [6, 6.07) is 11.6. The van der Waals surface area contributed by atoms with Crippen molar-refractivity contribution in [1.82, 2.24) is 24.8 Å². The van der Waals surface area contributed by atoms with Crippen molar-refractivity contribution in [3.05, 3.63) is 60.2 Å². The first-order valence-electron chi connectivity index (χ1n) is 11.3. The van der Waals surface area contributed by atoms with Gasteiger partial charge in [0.05, 0.1) is 23.0 Å². The Kier molecular flexibility index (Phi) is 6.53. The van der Waals surface area contributed by atoms with E-state index in [0.717, 1.165) is 22.4 Å². The number of hydrogen-bond donors (Lipinski definition) is 1. The van der Waals surface area contributed by atoms with Gasteiger partial charge in [0, 0.05) is 45.4 Å². The van der Waals surface area contributed by atoms with Crippen molar-refractivity contribution in [2.24, 2.45) is 18.9 Å². The van der Waals surface area contributed by atoms with Crippen LogP contribution in [0.1, 0.15) is 44.1 Å². The van der Waals surface area contributed by atoms with Gasteiger partial charge in [0.25, 0.3) is 0 Å². The van der Waals surface area contributed by atoms with Gasteiger partial charge in [-0.1, -0.05) is 32.0 Å².